The highest BCUT2D eigenvalue weighted by molar-refractivity contribution is 7.91. The van der Waals surface area contributed by atoms with Crippen LogP contribution in [-0.4, -0.2) is 36.6 Å². The molecule has 0 spiro atoms. The lowest BCUT2D eigenvalue weighted by atomic mass is 10.1. The normalized spacial score (nSPS) is 12.4. The average molecular weight is 409 g/mol. The molecule has 0 radical (unpaired) electrons. The molecule has 0 N–H and O–H groups in total. The first-order chi connectivity index (χ1) is 14.1. The minimum absolute atomic E-state index is 0.577. The molecule has 29 heavy (non-hydrogen) atoms. The molecule has 0 aliphatic heterocycles. The van der Waals surface area contributed by atoms with Crippen LogP contribution in [0.2, 0.25) is 0 Å². The van der Waals surface area contributed by atoms with Crippen LogP contribution in [0.15, 0.2) is 59.8 Å². The van der Waals surface area contributed by atoms with Gasteiger partial charge in [-0.15, -0.1) is 5.10 Å². The molecule has 1 atom stereocenters. The number of methoxy groups -OCH3 is 1. The predicted molar refractivity (Wildman–Crippen MR) is 116 cm³/mol. The van der Waals surface area contributed by atoms with Crippen molar-refractivity contribution in [1.82, 2.24) is 19.2 Å². The van der Waals surface area contributed by atoms with Gasteiger partial charge < -0.3 is 13.9 Å². The minimum atomic E-state index is -1.13. The topological polar surface area (TPSA) is 67.4 Å². The second-order valence-electron chi connectivity index (χ2n) is 6.92. The number of aromatic nitrogens is 4. The van der Waals surface area contributed by atoms with Crippen LogP contribution < -0.4 is 4.74 Å². The van der Waals surface area contributed by atoms with E-state index < -0.39 is 11.2 Å². The van der Waals surface area contributed by atoms with E-state index in [1.807, 2.05) is 66.3 Å². The minimum Gasteiger partial charge on any atom is -0.610 e. The second-order valence-corrected chi connectivity index (χ2v) is 8.43. The molecule has 0 aliphatic carbocycles. The molecule has 3 aromatic heterocycles. The summed E-state index contributed by atoms with van der Waals surface area (Å²) in [5, 5.41) is 5.22. The number of ether oxygens (including phenoxy) is 1. The van der Waals surface area contributed by atoms with E-state index in [0.29, 0.717) is 16.4 Å². The van der Waals surface area contributed by atoms with Crippen molar-refractivity contribution in [2.24, 2.45) is 7.05 Å². The van der Waals surface area contributed by atoms with Crippen molar-refractivity contribution in [2.75, 3.05) is 12.9 Å². The maximum Gasteiger partial charge on any atom is 0.265 e. The van der Waals surface area contributed by atoms with Crippen LogP contribution in [-0.2, 0) is 18.2 Å². The predicted octanol–water partition coefficient (Wildman–Crippen LogP) is 4.32. The van der Waals surface area contributed by atoms with Gasteiger partial charge in [-0.1, -0.05) is 13.3 Å². The number of hydrogen-bond acceptors (Lipinski definition) is 4. The van der Waals surface area contributed by atoms with Crippen LogP contribution in [0.5, 0.6) is 5.75 Å². The van der Waals surface area contributed by atoms with Crippen LogP contribution in [0.25, 0.3) is 28.3 Å². The Hall–Kier alpha value is -2.77. The summed E-state index contributed by atoms with van der Waals surface area (Å²) in [5.41, 5.74) is 4.43. The third-order valence-electron chi connectivity index (χ3n) is 4.91. The van der Waals surface area contributed by atoms with Gasteiger partial charge in [-0.05, 0) is 48.9 Å². The summed E-state index contributed by atoms with van der Waals surface area (Å²) in [6, 6.07) is 15.7. The molecule has 150 valence electrons. The second kappa shape index (κ2) is 8.31. The Morgan fingerprint density at radius 2 is 1.90 bits per heavy atom. The number of benzene rings is 1. The van der Waals surface area contributed by atoms with E-state index in [4.69, 9.17) is 9.72 Å². The van der Waals surface area contributed by atoms with Gasteiger partial charge in [0, 0.05) is 30.0 Å². The van der Waals surface area contributed by atoms with Crippen LogP contribution in [0, 0.1) is 0 Å². The van der Waals surface area contributed by atoms with Crippen molar-refractivity contribution in [1.29, 1.82) is 0 Å². The van der Waals surface area contributed by atoms with Crippen LogP contribution in [0.3, 0.4) is 0 Å². The van der Waals surface area contributed by atoms with Gasteiger partial charge in [0.1, 0.15) is 11.5 Å². The molecule has 0 saturated heterocycles. The fourth-order valence-electron chi connectivity index (χ4n) is 3.26. The Balaban J connectivity index is 1.86. The lowest BCUT2D eigenvalue weighted by Gasteiger charge is -2.10. The zero-order valence-electron chi connectivity index (χ0n) is 16.8. The number of unbranched alkanes of at least 4 members (excludes halogenated alkanes) is 1. The average Bonchev–Trinajstić information content (AvgIpc) is 3.37. The van der Waals surface area contributed by atoms with Gasteiger partial charge in [0.25, 0.3) is 5.03 Å². The Kier molecular flexibility index (Phi) is 5.60. The van der Waals surface area contributed by atoms with Crippen molar-refractivity contribution in [3.63, 3.8) is 0 Å². The summed E-state index contributed by atoms with van der Waals surface area (Å²) < 4.78 is 21.8. The third kappa shape index (κ3) is 3.88. The first-order valence-corrected chi connectivity index (χ1v) is 11.0. The smallest absolute Gasteiger partial charge is 0.265 e. The molecule has 0 amide bonds. The number of fused-ring (bicyclic) bond motifs is 1. The standard InChI is InChI=1S/C22H24N4O2S/c1-4-5-13-29(27)22-15-21-23-18(16-8-10-17(28-3)11-9-16)14-20(26(21)24-22)19-7-6-12-25(19)2/h6-12,14-15H,4-5,13H2,1-3H3. The summed E-state index contributed by atoms with van der Waals surface area (Å²) in [6.45, 7) is 2.09. The Morgan fingerprint density at radius 3 is 2.55 bits per heavy atom. The van der Waals surface area contributed by atoms with E-state index in [1.165, 1.54) is 0 Å². The quantitative estimate of drug-likeness (QED) is 0.427. The lowest BCUT2D eigenvalue weighted by molar-refractivity contribution is 0.415. The molecule has 1 unspecified atom stereocenters. The summed E-state index contributed by atoms with van der Waals surface area (Å²) >= 11 is -1.13. The Bertz CT molecular complexity index is 1120. The van der Waals surface area contributed by atoms with Crippen molar-refractivity contribution in [2.45, 2.75) is 24.8 Å². The van der Waals surface area contributed by atoms with Gasteiger partial charge in [0.2, 0.25) is 0 Å². The summed E-state index contributed by atoms with van der Waals surface area (Å²) in [7, 11) is 3.65. The van der Waals surface area contributed by atoms with E-state index in [9.17, 15) is 4.55 Å². The third-order valence-corrected chi connectivity index (χ3v) is 6.24. The molecule has 0 fully saturated rings. The first kappa shape index (κ1) is 19.5. The summed E-state index contributed by atoms with van der Waals surface area (Å²) in [4.78, 5) is 4.80. The van der Waals surface area contributed by atoms with E-state index in [1.54, 1.807) is 11.6 Å². The molecular formula is C22H24N4O2S. The molecule has 0 aliphatic rings. The molecule has 0 saturated carbocycles. The van der Waals surface area contributed by atoms with E-state index in [2.05, 4.69) is 12.0 Å². The number of nitrogens with zero attached hydrogens (tertiary/aromatic N) is 4. The SMILES string of the molecule is CCCC[S+]([O-])c1cc2nc(-c3ccc(OC)cc3)cc(-c3cccn3C)n2n1. The van der Waals surface area contributed by atoms with E-state index in [0.717, 1.165) is 41.2 Å². The number of rotatable bonds is 7. The van der Waals surface area contributed by atoms with Crippen LogP contribution in [0.4, 0.5) is 0 Å². The number of hydrogen-bond donors (Lipinski definition) is 0. The molecule has 1 aromatic carbocycles. The van der Waals surface area contributed by atoms with Gasteiger partial charge in [-0.2, -0.15) is 0 Å². The molecule has 3 heterocycles. The zero-order valence-corrected chi connectivity index (χ0v) is 17.6. The number of aryl methyl sites for hydroxylation is 1. The highest BCUT2D eigenvalue weighted by atomic mass is 32.2. The Labute approximate surface area is 173 Å². The van der Waals surface area contributed by atoms with Crippen LogP contribution in [0.1, 0.15) is 19.8 Å². The van der Waals surface area contributed by atoms with Crippen molar-refractivity contribution in [3.8, 4) is 28.4 Å². The zero-order chi connectivity index (χ0) is 20.4. The maximum absolute atomic E-state index is 12.7. The molecule has 0 bridgehead atoms. The fourth-order valence-corrected chi connectivity index (χ4v) is 4.43. The highest BCUT2D eigenvalue weighted by Crippen LogP contribution is 2.28. The van der Waals surface area contributed by atoms with Crippen molar-refractivity contribution < 1.29 is 9.29 Å². The van der Waals surface area contributed by atoms with Crippen LogP contribution >= 0.6 is 0 Å². The van der Waals surface area contributed by atoms with E-state index >= 15 is 0 Å². The lowest BCUT2D eigenvalue weighted by Crippen LogP contribution is -2.08. The monoisotopic (exact) mass is 408 g/mol. The van der Waals surface area contributed by atoms with E-state index in [-0.39, 0.29) is 0 Å². The first-order valence-electron chi connectivity index (χ1n) is 9.66. The summed E-state index contributed by atoms with van der Waals surface area (Å²) in [6.07, 6.45) is 3.92. The highest BCUT2D eigenvalue weighted by Gasteiger charge is 2.20. The van der Waals surface area contributed by atoms with Crippen molar-refractivity contribution >= 4 is 16.8 Å². The van der Waals surface area contributed by atoms with Gasteiger partial charge in [0.15, 0.2) is 5.65 Å². The summed E-state index contributed by atoms with van der Waals surface area (Å²) in [5.74, 6) is 1.42. The van der Waals surface area contributed by atoms with Gasteiger partial charge in [-0.3, -0.25) is 0 Å². The van der Waals surface area contributed by atoms with Gasteiger partial charge in [0.05, 0.1) is 30.3 Å². The largest absolute Gasteiger partial charge is 0.610 e. The molecule has 7 heteroatoms. The van der Waals surface area contributed by atoms with Gasteiger partial charge in [-0.25, -0.2) is 9.50 Å². The maximum atomic E-state index is 12.7. The van der Waals surface area contributed by atoms with Gasteiger partial charge >= 0.3 is 0 Å². The molecule has 4 rings (SSSR count). The Morgan fingerprint density at radius 1 is 1.10 bits per heavy atom. The fraction of sp³-hybridized carbons (Fsp3) is 0.273. The molecule has 6 nitrogen and oxygen atoms in total. The molecular weight excluding hydrogens is 384 g/mol. The van der Waals surface area contributed by atoms with Crippen molar-refractivity contribution in [3.05, 3.63) is 54.7 Å². The molecule has 4 aromatic rings.